The van der Waals surface area contributed by atoms with Crippen molar-refractivity contribution in [1.82, 2.24) is 9.55 Å². The Morgan fingerprint density at radius 1 is 1.26 bits per heavy atom. The van der Waals surface area contributed by atoms with E-state index in [9.17, 15) is 14.7 Å². The molecule has 2 N–H and O–H groups in total. The highest BCUT2D eigenvalue weighted by atomic mass is 32.2. The van der Waals surface area contributed by atoms with Gasteiger partial charge < -0.3 is 10.1 Å². The van der Waals surface area contributed by atoms with Gasteiger partial charge in [0.2, 0.25) is 0 Å². The van der Waals surface area contributed by atoms with Crippen molar-refractivity contribution in [3.63, 3.8) is 0 Å². The van der Waals surface area contributed by atoms with Gasteiger partial charge in [-0.1, -0.05) is 6.07 Å². The summed E-state index contributed by atoms with van der Waals surface area (Å²) in [6.45, 7) is 0. The van der Waals surface area contributed by atoms with Gasteiger partial charge in [0.1, 0.15) is 5.75 Å². The summed E-state index contributed by atoms with van der Waals surface area (Å²) < 4.78 is 1.31. The largest absolute Gasteiger partial charge is 0.506 e. The molecule has 0 radical (unpaired) electrons. The summed E-state index contributed by atoms with van der Waals surface area (Å²) >= 11 is 1.84. The number of para-hydroxylation sites is 1. The molecule has 1 aromatic heterocycles. The number of hydrogen-bond acceptors (Lipinski definition) is 4. The monoisotopic (exact) mass is 278 g/mol. The minimum Gasteiger partial charge on any atom is -0.506 e. The Morgan fingerprint density at radius 2 is 2.00 bits per heavy atom. The number of aromatic amines is 1. The van der Waals surface area contributed by atoms with Gasteiger partial charge in [0.05, 0.1) is 10.9 Å². The number of rotatable bonds is 1. The topological polar surface area (TPSA) is 75.1 Å². The lowest BCUT2D eigenvalue weighted by Gasteiger charge is -2.22. The molecule has 6 heteroatoms. The molecule has 0 saturated carbocycles. The first-order chi connectivity index (χ1) is 9.18. The van der Waals surface area contributed by atoms with Crippen molar-refractivity contribution in [1.29, 1.82) is 0 Å². The van der Waals surface area contributed by atoms with E-state index in [1.807, 2.05) is 11.8 Å². The van der Waals surface area contributed by atoms with Crippen LogP contribution in [0.1, 0.15) is 18.9 Å². The van der Waals surface area contributed by atoms with Crippen molar-refractivity contribution in [3.8, 4) is 5.75 Å². The van der Waals surface area contributed by atoms with E-state index in [4.69, 9.17) is 0 Å². The van der Waals surface area contributed by atoms with E-state index < -0.39 is 5.69 Å². The number of nitrogens with zero attached hydrogens (tertiary/aromatic N) is 1. The Labute approximate surface area is 113 Å². The Hall–Kier alpha value is -1.69. The molecule has 0 unspecified atom stereocenters. The van der Waals surface area contributed by atoms with E-state index in [1.165, 1.54) is 10.6 Å². The molecule has 0 atom stereocenters. The van der Waals surface area contributed by atoms with Crippen LogP contribution in [0.3, 0.4) is 0 Å². The quantitative estimate of drug-likeness (QED) is 0.828. The third-order valence-electron chi connectivity index (χ3n) is 3.50. The first-order valence-electron chi connectivity index (χ1n) is 6.23. The summed E-state index contributed by atoms with van der Waals surface area (Å²) in [4.78, 5) is 27.1. The molecular weight excluding hydrogens is 264 g/mol. The summed E-state index contributed by atoms with van der Waals surface area (Å²) in [5.74, 6) is 1.86. The minimum absolute atomic E-state index is 0.0377. The maximum Gasteiger partial charge on any atom is 0.329 e. The number of H-pyrrole nitrogens is 1. The van der Waals surface area contributed by atoms with Gasteiger partial charge in [-0.25, -0.2) is 4.79 Å². The normalized spacial score (nSPS) is 16.8. The Morgan fingerprint density at radius 3 is 2.74 bits per heavy atom. The second kappa shape index (κ2) is 4.77. The highest BCUT2D eigenvalue weighted by Crippen LogP contribution is 2.25. The van der Waals surface area contributed by atoms with Gasteiger partial charge in [0, 0.05) is 6.04 Å². The lowest BCUT2D eigenvalue weighted by Crippen LogP contribution is -2.39. The van der Waals surface area contributed by atoms with Gasteiger partial charge in [-0.15, -0.1) is 0 Å². The predicted molar refractivity (Wildman–Crippen MR) is 76.1 cm³/mol. The summed E-state index contributed by atoms with van der Waals surface area (Å²) in [6.07, 6.45) is 1.66. The van der Waals surface area contributed by atoms with Crippen molar-refractivity contribution < 1.29 is 5.11 Å². The number of thioether (sulfide) groups is 1. The zero-order valence-corrected chi connectivity index (χ0v) is 11.1. The highest BCUT2D eigenvalue weighted by molar-refractivity contribution is 7.99. The molecule has 1 saturated heterocycles. The van der Waals surface area contributed by atoms with Gasteiger partial charge >= 0.3 is 5.69 Å². The molecule has 1 aliphatic rings. The number of fused-ring (bicyclic) bond motifs is 1. The second-order valence-electron chi connectivity index (χ2n) is 4.65. The molecule has 0 bridgehead atoms. The fourth-order valence-electron chi connectivity index (χ4n) is 2.51. The number of benzene rings is 1. The average molecular weight is 278 g/mol. The van der Waals surface area contributed by atoms with Crippen molar-refractivity contribution in [3.05, 3.63) is 39.0 Å². The van der Waals surface area contributed by atoms with Crippen LogP contribution in [0, 0.1) is 0 Å². The van der Waals surface area contributed by atoms with E-state index in [-0.39, 0.29) is 22.9 Å². The number of phenols is 1. The molecule has 3 rings (SSSR count). The van der Waals surface area contributed by atoms with E-state index in [0.717, 1.165) is 24.3 Å². The lowest BCUT2D eigenvalue weighted by molar-refractivity contribution is 0.439. The van der Waals surface area contributed by atoms with Crippen LogP contribution in [0.5, 0.6) is 5.75 Å². The SMILES string of the molecule is O=c1[nH]c2c(O)cccc2c(=O)n1C1CCSCC1. The van der Waals surface area contributed by atoms with Gasteiger partial charge in [0.25, 0.3) is 5.56 Å². The average Bonchev–Trinajstić information content (AvgIpc) is 2.41. The summed E-state index contributed by atoms with van der Waals surface area (Å²) in [6, 6.07) is 4.66. The van der Waals surface area contributed by atoms with Crippen LogP contribution in [0.15, 0.2) is 27.8 Å². The van der Waals surface area contributed by atoms with Crippen LogP contribution in [-0.2, 0) is 0 Å². The van der Waals surface area contributed by atoms with Crippen molar-refractivity contribution in [2.75, 3.05) is 11.5 Å². The molecule has 1 aromatic carbocycles. The van der Waals surface area contributed by atoms with Gasteiger partial charge in [-0.2, -0.15) is 11.8 Å². The van der Waals surface area contributed by atoms with Gasteiger partial charge in [-0.3, -0.25) is 9.36 Å². The Balaban J connectivity index is 2.26. The fourth-order valence-corrected chi connectivity index (χ4v) is 3.60. The second-order valence-corrected chi connectivity index (χ2v) is 5.87. The van der Waals surface area contributed by atoms with E-state index in [2.05, 4.69) is 4.98 Å². The predicted octanol–water partition coefficient (Wildman–Crippen LogP) is 1.46. The van der Waals surface area contributed by atoms with Crippen LogP contribution in [0.25, 0.3) is 10.9 Å². The Bertz CT molecular complexity index is 729. The first-order valence-corrected chi connectivity index (χ1v) is 7.38. The fraction of sp³-hybridized carbons (Fsp3) is 0.385. The number of aromatic nitrogens is 2. The third-order valence-corrected chi connectivity index (χ3v) is 4.55. The molecule has 0 aliphatic carbocycles. The third kappa shape index (κ3) is 2.06. The number of nitrogens with one attached hydrogen (secondary N) is 1. The number of phenolic OH excluding ortho intramolecular Hbond substituents is 1. The molecule has 1 aliphatic heterocycles. The maximum atomic E-state index is 12.4. The van der Waals surface area contributed by atoms with Gasteiger partial charge in [-0.05, 0) is 36.5 Å². The summed E-state index contributed by atoms with van der Waals surface area (Å²) in [7, 11) is 0. The summed E-state index contributed by atoms with van der Waals surface area (Å²) in [5, 5.41) is 10.1. The van der Waals surface area contributed by atoms with Crippen LogP contribution >= 0.6 is 11.8 Å². The number of hydrogen-bond donors (Lipinski definition) is 2. The molecule has 0 spiro atoms. The van der Waals surface area contributed by atoms with Crippen molar-refractivity contribution >= 4 is 22.7 Å². The van der Waals surface area contributed by atoms with Gasteiger partial charge in [0.15, 0.2) is 0 Å². The Kier molecular flexibility index (Phi) is 3.10. The number of aromatic hydroxyl groups is 1. The van der Waals surface area contributed by atoms with Crippen LogP contribution in [0.2, 0.25) is 0 Å². The van der Waals surface area contributed by atoms with Crippen LogP contribution < -0.4 is 11.2 Å². The molecule has 0 amide bonds. The van der Waals surface area contributed by atoms with Crippen molar-refractivity contribution in [2.45, 2.75) is 18.9 Å². The van der Waals surface area contributed by atoms with E-state index in [0.29, 0.717) is 5.39 Å². The standard InChI is InChI=1S/C13H14N2O3S/c16-10-3-1-2-9-11(10)14-13(18)15(12(9)17)8-4-6-19-7-5-8/h1-3,8,16H,4-7H2,(H,14,18). The summed E-state index contributed by atoms with van der Waals surface area (Å²) in [5.41, 5.74) is -0.526. The van der Waals surface area contributed by atoms with E-state index >= 15 is 0 Å². The molecule has 2 heterocycles. The molecule has 5 nitrogen and oxygen atoms in total. The highest BCUT2D eigenvalue weighted by Gasteiger charge is 2.20. The molecule has 100 valence electrons. The van der Waals surface area contributed by atoms with Crippen LogP contribution in [-0.4, -0.2) is 26.2 Å². The lowest BCUT2D eigenvalue weighted by atomic mass is 10.1. The molecule has 1 fully saturated rings. The zero-order valence-electron chi connectivity index (χ0n) is 10.3. The molecular formula is C13H14N2O3S. The van der Waals surface area contributed by atoms with E-state index in [1.54, 1.807) is 12.1 Å². The zero-order chi connectivity index (χ0) is 13.4. The van der Waals surface area contributed by atoms with Crippen molar-refractivity contribution in [2.24, 2.45) is 0 Å². The first kappa shape index (κ1) is 12.3. The molecule has 2 aromatic rings. The van der Waals surface area contributed by atoms with Crippen LogP contribution in [0.4, 0.5) is 0 Å². The minimum atomic E-state index is -0.434. The molecule has 19 heavy (non-hydrogen) atoms. The maximum absolute atomic E-state index is 12.4. The smallest absolute Gasteiger partial charge is 0.329 e.